The summed E-state index contributed by atoms with van der Waals surface area (Å²) in [5.41, 5.74) is -4.42. The highest BCUT2D eigenvalue weighted by Gasteiger charge is 2.74. The Morgan fingerprint density at radius 3 is 1.91 bits per heavy atom. The molecule has 0 spiro atoms. The molecule has 13 N–H and O–H groups in total. The molecule has 0 radical (unpaired) electrons. The number of ether oxygens (including phenoxy) is 10. The number of carbonyl (C=O) groups is 4. The summed E-state index contributed by atoms with van der Waals surface area (Å²) in [5, 5.41) is 144. The summed E-state index contributed by atoms with van der Waals surface area (Å²) in [6, 6.07) is 0. The number of carboxylic acid groups (broad SMARTS) is 1. The van der Waals surface area contributed by atoms with Crippen LogP contribution in [0.3, 0.4) is 0 Å². The Hall–Kier alpha value is -3.24. The minimum Gasteiger partial charge on any atom is -0.479 e. The maximum atomic E-state index is 14.2. The van der Waals surface area contributed by atoms with Gasteiger partial charge in [-0.1, -0.05) is 59.3 Å². The van der Waals surface area contributed by atoms with Crippen LogP contribution in [0.5, 0.6) is 0 Å². The largest absolute Gasteiger partial charge is 0.479 e. The molecule has 4 aliphatic heterocycles. The van der Waals surface area contributed by atoms with Crippen LogP contribution >= 0.6 is 0 Å². The standard InChI is InChI=1S/C59H90O27/c1-10-24(2)49(76)86-46-47(79-25(3)63)59(23-62)27(17-54(46,4)5)26-11-12-32-55(6)15-14-34(56(7,22-61)31(55)13-16-57(32,8)58(26,9)18-33(59)66)81-53-45(85-51-40(72)38(70)37(69)30(19-60)80-51)42(41(73)43(83-53)48(74)75)82-52-44(36(68)29(65)21-78-52)84-50-39(71)35(67)28(64)20-77-50/h10-11,22,27-47,50-53,60,62,64-73H,12-21,23H2,1-9H3,(H,74,75). The Labute approximate surface area is 498 Å². The van der Waals surface area contributed by atoms with Crippen LogP contribution in [-0.4, -0.2) is 252 Å². The first-order valence-corrected chi connectivity index (χ1v) is 29.9. The molecule has 0 aromatic carbocycles. The van der Waals surface area contributed by atoms with Crippen molar-refractivity contribution in [1.82, 2.24) is 0 Å². The van der Waals surface area contributed by atoms with E-state index in [4.69, 9.17) is 47.4 Å². The highest BCUT2D eigenvalue weighted by Crippen LogP contribution is 2.76. The topological polar surface area (TPSA) is 424 Å². The third kappa shape index (κ3) is 10.9. The molecule has 27 nitrogen and oxygen atoms in total. The van der Waals surface area contributed by atoms with E-state index in [1.54, 1.807) is 26.8 Å². The van der Waals surface area contributed by atoms with Crippen LogP contribution in [0.1, 0.15) is 107 Å². The van der Waals surface area contributed by atoms with Gasteiger partial charge in [0.1, 0.15) is 97.8 Å². The van der Waals surface area contributed by atoms with E-state index < -0.39 is 224 Å². The smallest absolute Gasteiger partial charge is 0.335 e. The molecule has 30 unspecified atom stereocenters. The maximum Gasteiger partial charge on any atom is 0.335 e. The molecule has 488 valence electrons. The molecule has 9 rings (SSSR count). The number of carbonyl (C=O) groups excluding carboxylic acids is 3. The van der Waals surface area contributed by atoms with Gasteiger partial charge in [-0.15, -0.1) is 0 Å². The molecule has 5 aliphatic carbocycles. The van der Waals surface area contributed by atoms with E-state index in [9.17, 15) is 85.6 Å². The van der Waals surface area contributed by atoms with Gasteiger partial charge < -0.3 is 119 Å². The number of carboxylic acids is 1. The second-order valence-corrected chi connectivity index (χ2v) is 27.3. The quantitative estimate of drug-likeness (QED) is 0.0277. The first-order valence-electron chi connectivity index (χ1n) is 29.9. The van der Waals surface area contributed by atoms with E-state index in [1.165, 1.54) is 6.92 Å². The maximum absolute atomic E-state index is 14.2. The summed E-state index contributed by atoms with van der Waals surface area (Å²) in [6.45, 7) is 13.8. The summed E-state index contributed by atoms with van der Waals surface area (Å²) in [6.07, 6.45) is -32.4. The van der Waals surface area contributed by atoms with Gasteiger partial charge in [-0.25, -0.2) is 9.59 Å². The Kier molecular flexibility index (Phi) is 19.3. The number of esters is 2. The number of aliphatic carboxylic acids is 1. The minimum absolute atomic E-state index is 0.112. The van der Waals surface area contributed by atoms with E-state index in [-0.39, 0.29) is 18.8 Å². The lowest BCUT2D eigenvalue weighted by Crippen LogP contribution is -2.72. The third-order valence-corrected chi connectivity index (χ3v) is 22.2. The van der Waals surface area contributed by atoms with Crippen molar-refractivity contribution in [3.63, 3.8) is 0 Å². The summed E-state index contributed by atoms with van der Waals surface area (Å²) in [7, 11) is 0. The predicted molar refractivity (Wildman–Crippen MR) is 289 cm³/mol. The fraction of sp³-hybridized carbons (Fsp3) is 0.864. The number of fused-ring (bicyclic) bond motifs is 7. The van der Waals surface area contributed by atoms with Gasteiger partial charge in [0.25, 0.3) is 0 Å². The Morgan fingerprint density at radius 1 is 0.663 bits per heavy atom. The molecule has 0 bridgehead atoms. The molecule has 0 aromatic rings. The summed E-state index contributed by atoms with van der Waals surface area (Å²) in [5.74, 6) is -4.24. The van der Waals surface area contributed by atoms with Crippen LogP contribution in [0.4, 0.5) is 0 Å². The number of hydrogen-bond acceptors (Lipinski definition) is 26. The van der Waals surface area contributed by atoms with E-state index in [0.29, 0.717) is 37.7 Å². The Morgan fingerprint density at radius 2 is 1.29 bits per heavy atom. The molecule has 0 amide bonds. The van der Waals surface area contributed by atoms with Crippen LogP contribution in [0.15, 0.2) is 23.3 Å². The van der Waals surface area contributed by atoms with Crippen LogP contribution in [-0.2, 0) is 66.5 Å². The third-order valence-electron chi connectivity index (χ3n) is 22.2. The number of aliphatic hydroxyl groups is 12. The predicted octanol–water partition coefficient (Wildman–Crippen LogP) is -2.01. The molecule has 8 fully saturated rings. The minimum atomic E-state index is -2.28. The van der Waals surface area contributed by atoms with Gasteiger partial charge in [-0.05, 0) is 92.8 Å². The van der Waals surface area contributed by atoms with Gasteiger partial charge >= 0.3 is 17.9 Å². The van der Waals surface area contributed by atoms with E-state index in [1.807, 2.05) is 13.8 Å². The van der Waals surface area contributed by atoms with Crippen molar-refractivity contribution in [2.75, 3.05) is 26.4 Å². The van der Waals surface area contributed by atoms with Crippen LogP contribution in [0.25, 0.3) is 0 Å². The Bertz CT molecular complexity index is 2550. The zero-order chi connectivity index (χ0) is 63.3. The number of rotatable bonds is 15. The van der Waals surface area contributed by atoms with Gasteiger partial charge in [0.2, 0.25) is 0 Å². The molecular formula is C59H90O27. The average molecular weight is 1230 g/mol. The van der Waals surface area contributed by atoms with Crippen molar-refractivity contribution >= 4 is 24.2 Å². The van der Waals surface area contributed by atoms with E-state index in [2.05, 4.69) is 26.8 Å². The molecule has 86 heavy (non-hydrogen) atoms. The molecule has 4 saturated heterocycles. The highest BCUT2D eigenvalue weighted by molar-refractivity contribution is 5.87. The summed E-state index contributed by atoms with van der Waals surface area (Å²) in [4.78, 5) is 53.8. The number of aldehydes is 1. The lowest BCUT2D eigenvalue weighted by molar-refractivity contribution is -0.398. The first kappa shape index (κ1) is 67.2. The van der Waals surface area contributed by atoms with E-state index in [0.717, 1.165) is 11.9 Å². The molecule has 4 saturated carbocycles. The number of hydrogen-bond donors (Lipinski definition) is 13. The number of aliphatic hydroxyl groups excluding tert-OH is 12. The number of allylic oxidation sites excluding steroid dienone is 3. The monoisotopic (exact) mass is 1230 g/mol. The molecular weight excluding hydrogens is 1140 g/mol. The molecule has 9 aliphatic rings. The lowest BCUT2D eigenvalue weighted by atomic mass is 9.33. The van der Waals surface area contributed by atoms with Crippen molar-refractivity contribution in [3.05, 3.63) is 23.3 Å². The van der Waals surface area contributed by atoms with E-state index >= 15 is 0 Å². The van der Waals surface area contributed by atoms with Gasteiger partial charge in [0, 0.05) is 17.9 Å². The normalized spacial score (nSPS) is 51.1. The molecule has 4 heterocycles. The second-order valence-electron chi connectivity index (χ2n) is 27.3. The summed E-state index contributed by atoms with van der Waals surface area (Å²) >= 11 is 0. The van der Waals surface area contributed by atoms with Gasteiger partial charge in [0.15, 0.2) is 31.3 Å². The SMILES string of the molecule is CC=C(C)C(=O)OC1C(OC(C)=O)C2(CO)C(O)CC3(C)C(=CCC4C5(C)CCC(OC6OC(C(=O)O)C(O)C(OC7OCC(O)C(O)C7OC7OCC(O)C(O)C7O)C6OC6OC(CO)C(O)C(O)C6O)C(C)(C=O)C5CCC43C)C2CC1(C)C. The Balaban J connectivity index is 1.05. The fourth-order valence-electron chi connectivity index (χ4n) is 17.0. The second kappa shape index (κ2) is 24.8. The van der Waals surface area contributed by atoms with Gasteiger partial charge in [0.05, 0.1) is 49.5 Å². The van der Waals surface area contributed by atoms with Crippen LogP contribution < -0.4 is 0 Å². The molecule has 0 aromatic heterocycles. The van der Waals surface area contributed by atoms with Crippen LogP contribution in [0, 0.1) is 50.2 Å². The van der Waals surface area contributed by atoms with Crippen LogP contribution in [0.2, 0.25) is 0 Å². The summed E-state index contributed by atoms with van der Waals surface area (Å²) < 4.78 is 60.5. The zero-order valence-corrected chi connectivity index (χ0v) is 50.0. The lowest BCUT2D eigenvalue weighted by Gasteiger charge is -2.72. The van der Waals surface area contributed by atoms with Crippen molar-refractivity contribution in [2.45, 2.75) is 242 Å². The fourth-order valence-corrected chi connectivity index (χ4v) is 17.0. The van der Waals surface area contributed by atoms with Crippen molar-refractivity contribution in [1.29, 1.82) is 0 Å². The van der Waals surface area contributed by atoms with Gasteiger partial charge in [-0.3, -0.25) is 4.79 Å². The molecule has 30 atom stereocenters. The zero-order valence-electron chi connectivity index (χ0n) is 50.0. The van der Waals surface area contributed by atoms with Gasteiger partial charge in [-0.2, -0.15) is 0 Å². The van der Waals surface area contributed by atoms with Crippen molar-refractivity contribution < 1.29 is 133 Å². The first-order chi connectivity index (χ1) is 40.3. The highest BCUT2D eigenvalue weighted by atomic mass is 16.8. The van der Waals surface area contributed by atoms with Crippen molar-refractivity contribution in [2.24, 2.45) is 50.2 Å². The molecule has 27 heteroatoms. The average Bonchev–Trinajstić information content (AvgIpc) is 0.672. The van der Waals surface area contributed by atoms with Crippen molar-refractivity contribution in [3.8, 4) is 0 Å².